The molecule has 0 spiro atoms. The van der Waals surface area contributed by atoms with Crippen LogP contribution in [0.2, 0.25) is 0 Å². The van der Waals surface area contributed by atoms with Crippen LogP contribution in [0.15, 0.2) is 42.6 Å². The zero-order valence-corrected chi connectivity index (χ0v) is 12.0. The molecule has 1 amide bonds. The molecule has 0 saturated heterocycles. The van der Waals surface area contributed by atoms with Crippen molar-refractivity contribution in [3.05, 3.63) is 63.8 Å². The van der Waals surface area contributed by atoms with E-state index in [0.29, 0.717) is 17.9 Å². The minimum Gasteiger partial charge on any atom is -0.368 e. The van der Waals surface area contributed by atoms with Gasteiger partial charge in [-0.25, -0.2) is 4.98 Å². The zero-order chi connectivity index (χ0) is 16.7. The SMILES string of the molecule is N#Cc1ccc(NCCNC(=O)c2ccccc2[N+](=O)[O-])nc1. The number of para-hydroxylation sites is 1. The number of anilines is 1. The monoisotopic (exact) mass is 311 g/mol. The Morgan fingerprint density at radius 1 is 1.26 bits per heavy atom. The molecule has 2 rings (SSSR count). The normalized spacial score (nSPS) is 9.70. The minimum atomic E-state index is -0.589. The quantitative estimate of drug-likeness (QED) is 0.476. The molecular formula is C15H13N5O3. The van der Waals surface area contributed by atoms with Crippen molar-refractivity contribution in [2.45, 2.75) is 0 Å². The summed E-state index contributed by atoms with van der Waals surface area (Å²) >= 11 is 0. The highest BCUT2D eigenvalue weighted by molar-refractivity contribution is 5.98. The van der Waals surface area contributed by atoms with Gasteiger partial charge in [0.05, 0.1) is 10.5 Å². The van der Waals surface area contributed by atoms with E-state index in [1.807, 2.05) is 6.07 Å². The molecule has 0 aliphatic heterocycles. The topological polar surface area (TPSA) is 121 Å². The van der Waals surface area contributed by atoms with Gasteiger partial charge < -0.3 is 10.6 Å². The number of nitrogens with zero attached hydrogens (tertiary/aromatic N) is 3. The second-order valence-electron chi connectivity index (χ2n) is 4.50. The molecule has 0 fully saturated rings. The number of hydrogen-bond acceptors (Lipinski definition) is 6. The van der Waals surface area contributed by atoms with Gasteiger partial charge in [0.1, 0.15) is 17.5 Å². The smallest absolute Gasteiger partial charge is 0.282 e. The molecule has 8 heteroatoms. The Hall–Kier alpha value is -3.47. The summed E-state index contributed by atoms with van der Waals surface area (Å²) in [5.41, 5.74) is 0.251. The van der Waals surface area contributed by atoms with E-state index in [4.69, 9.17) is 5.26 Å². The van der Waals surface area contributed by atoms with Crippen LogP contribution in [0.1, 0.15) is 15.9 Å². The summed E-state index contributed by atoms with van der Waals surface area (Å²) in [6.07, 6.45) is 1.44. The van der Waals surface area contributed by atoms with Crippen molar-refractivity contribution in [3.63, 3.8) is 0 Å². The van der Waals surface area contributed by atoms with Crippen LogP contribution < -0.4 is 10.6 Å². The van der Waals surface area contributed by atoms with Gasteiger partial charge in [-0.3, -0.25) is 14.9 Å². The van der Waals surface area contributed by atoms with Crippen molar-refractivity contribution in [2.75, 3.05) is 18.4 Å². The zero-order valence-electron chi connectivity index (χ0n) is 12.0. The fourth-order valence-corrected chi connectivity index (χ4v) is 1.85. The summed E-state index contributed by atoms with van der Waals surface area (Å²) in [5.74, 6) is 0.0656. The second kappa shape index (κ2) is 7.51. The van der Waals surface area contributed by atoms with Crippen LogP contribution >= 0.6 is 0 Å². The molecule has 0 radical (unpaired) electrons. The van der Waals surface area contributed by atoms with Gasteiger partial charge in [0, 0.05) is 25.4 Å². The van der Waals surface area contributed by atoms with Gasteiger partial charge in [0.25, 0.3) is 11.6 Å². The Kier molecular flexibility index (Phi) is 5.20. The van der Waals surface area contributed by atoms with E-state index in [0.717, 1.165) is 0 Å². The third-order valence-electron chi connectivity index (χ3n) is 2.95. The number of carbonyl (C=O) groups is 1. The maximum atomic E-state index is 12.0. The molecule has 2 N–H and O–H groups in total. The first-order valence-electron chi connectivity index (χ1n) is 6.73. The van der Waals surface area contributed by atoms with E-state index in [1.54, 1.807) is 18.2 Å². The molecule has 116 valence electrons. The lowest BCUT2D eigenvalue weighted by atomic mass is 10.1. The number of hydrogen-bond donors (Lipinski definition) is 2. The fourth-order valence-electron chi connectivity index (χ4n) is 1.85. The molecule has 1 aromatic heterocycles. The number of nitro groups is 1. The van der Waals surface area contributed by atoms with Crippen LogP contribution in [-0.2, 0) is 0 Å². The fraction of sp³-hybridized carbons (Fsp3) is 0.133. The molecular weight excluding hydrogens is 298 g/mol. The summed E-state index contributed by atoms with van der Waals surface area (Å²) in [5, 5.41) is 25.1. The number of benzene rings is 1. The van der Waals surface area contributed by atoms with Crippen molar-refractivity contribution in [3.8, 4) is 6.07 Å². The number of pyridine rings is 1. The minimum absolute atomic E-state index is 0.0222. The Morgan fingerprint density at radius 2 is 2.04 bits per heavy atom. The summed E-state index contributed by atoms with van der Waals surface area (Å²) in [6.45, 7) is 0.665. The highest BCUT2D eigenvalue weighted by Crippen LogP contribution is 2.17. The van der Waals surface area contributed by atoms with E-state index in [2.05, 4.69) is 15.6 Å². The summed E-state index contributed by atoms with van der Waals surface area (Å²) in [7, 11) is 0. The number of nitriles is 1. The van der Waals surface area contributed by atoms with Crippen LogP contribution in [0.4, 0.5) is 11.5 Å². The third kappa shape index (κ3) is 4.25. The number of rotatable bonds is 6. The van der Waals surface area contributed by atoms with Crippen LogP contribution in [0.25, 0.3) is 0 Å². The van der Waals surface area contributed by atoms with Gasteiger partial charge in [-0.2, -0.15) is 5.26 Å². The molecule has 0 saturated carbocycles. The van der Waals surface area contributed by atoms with Gasteiger partial charge in [-0.1, -0.05) is 12.1 Å². The average molecular weight is 311 g/mol. The number of nitro benzene ring substituents is 1. The maximum Gasteiger partial charge on any atom is 0.282 e. The van der Waals surface area contributed by atoms with E-state index < -0.39 is 10.8 Å². The van der Waals surface area contributed by atoms with Crippen molar-refractivity contribution >= 4 is 17.4 Å². The first kappa shape index (κ1) is 15.9. The number of amides is 1. The third-order valence-corrected chi connectivity index (χ3v) is 2.95. The summed E-state index contributed by atoms with van der Waals surface area (Å²) in [6, 6.07) is 11.0. The second-order valence-corrected chi connectivity index (χ2v) is 4.50. The highest BCUT2D eigenvalue weighted by Gasteiger charge is 2.18. The lowest BCUT2D eigenvalue weighted by Crippen LogP contribution is -2.29. The maximum absolute atomic E-state index is 12.0. The average Bonchev–Trinajstić information content (AvgIpc) is 2.59. The van der Waals surface area contributed by atoms with Gasteiger partial charge in [-0.05, 0) is 18.2 Å². The molecule has 0 aliphatic rings. The van der Waals surface area contributed by atoms with Crippen LogP contribution in [0.5, 0.6) is 0 Å². The Bertz CT molecular complexity index is 752. The van der Waals surface area contributed by atoms with E-state index in [9.17, 15) is 14.9 Å². The lowest BCUT2D eigenvalue weighted by molar-refractivity contribution is -0.385. The van der Waals surface area contributed by atoms with Crippen molar-refractivity contribution < 1.29 is 9.72 Å². The molecule has 0 bridgehead atoms. The van der Waals surface area contributed by atoms with Gasteiger partial charge in [-0.15, -0.1) is 0 Å². The molecule has 23 heavy (non-hydrogen) atoms. The van der Waals surface area contributed by atoms with Gasteiger partial charge in [0.15, 0.2) is 0 Å². The van der Waals surface area contributed by atoms with Crippen LogP contribution in [0, 0.1) is 21.4 Å². The Balaban J connectivity index is 1.85. The summed E-state index contributed by atoms with van der Waals surface area (Å²) in [4.78, 5) is 26.3. The van der Waals surface area contributed by atoms with Gasteiger partial charge >= 0.3 is 0 Å². The van der Waals surface area contributed by atoms with Crippen LogP contribution in [-0.4, -0.2) is 28.9 Å². The standard InChI is InChI=1S/C15H13N5O3/c16-9-11-5-6-14(19-10-11)17-7-8-18-15(21)12-3-1-2-4-13(12)20(22)23/h1-6,10H,7-8H2,(H,17,19)(H,18,21). The molecule has 0 aliphatic carbocycles. The number of nitrogens with one attached hydrogen (secondary N) is 2. The predicted octanol–water partition coefficient (Wildman–Crippen LogP) is 1.70. The van der Waals surface area contributed by atoms with Gasteiger partial charge in [0.2, 0.25) is 0 Å². The van der Waals surface area contributed by atoms with E-state index >= 15 is 0 Å². The summed E-state index contributed by atoms with van der Waals surface area (Å²) < 4.78 is 0. The molecule has 1 aromatic carbocycles. The largest absolute Gasteiger partial charge is 0.368 e. The first-order valence-corrected chi connectivity index (χ1v) is 6.73. The molecule has 0 atom stereocenters. The Morgan fingerprint density at radius 3 is 2.70 bits per heavy atom. The number of carbonyl (C=O) groups excluding carboxylic acids is 1. The van der Waals surface area contributed by atoms with Crippen LogP contribution in [0.3, 0.4) is 0 Å². The molecule has 8 nitrogen and oxygen atoms in total. The molecule has 0 unspecified atom stereocenters. The number of aromatic nitrogens is 1. The van der Waals surface area contributed by atoms with Crippen molar-refractivity contribution in [1.82, 2.24) is 10.3 Å². The van der Waals surface area contributed by atoms with E-state index in [1.165, 1.54) is 24.4 Å². The Labute approximate surface area is 131 Å². The van der Waals surface area contributed by atoms with Crippen molar-refractivity contribution in [2.24, 2.45) is 0 Å². The van der Waals surface area contributed by atoms with E-state index in [-0.39, 0.29) is 17.8 Å². The highest BCUT2D eigenvalue weighted by atomic mass is 16.6. The molecule has 1 heterocycles. The van der Waals surface area contributed by atoms with Crippen molar-refractivity contribution in [1.29, 1.82) is 5.26 Å². The predicted molar refractivity (Wildman–Crippen MR) is 82.9 cm³/mol. The lowest BCUT2D eigenvalue weighted by Gasteiger charge is -2.07. The molecule has 2 aromatic rings. The first-order chi connectivity index (χ1) is 11.1.